The maximum absolute atomic E-state index is 15.1. The van der Waals surface area contributed by atoms with Crippen molar-refractivity contribution in [2.45, 2.75) is 76.4 Å². The minimum Gasteiger partial charge on any atom is -0.351 e. The van der Waals surface area contributed by atoms with E-state index in [2.05, 4.69) is 39.0 Å². The predicted molar refractivity (Wildman–Crippen MR) is 158 cm³/mol. The molecule has 2 fully saturated rings. The predicted octanol–water partition coefficient (Wildman–Crippen LogP) is 5.25. The summed E-state index contributed by atoms with van der Waals surface area (Å²) in [5, 5.41) is 4.02. The van der Waals surface area contributed by atoms with Gasteiger partial charge in [0, 0.05) is 48.1 Å². The number of sulfonamides is 1. The van der Waals surface area contributed by atoms with E-state index >= 15 is 4.39 Å². The van der Waals surface area contributed by atoms with Crippen molar-refractivity contribution in [3.63, 3.8) is 0 Å². The van der Waals surface area contributed by atoms with E-state index in [1.165, 1.54) is 12.1 Å². The lowest BCUT2D eigenvalue weighted by atomic mass is 9.83. The maximum Gasteiger partial charge on any atom is 0.260 e. The van der Waals surface area contributed by atoms with Gasteiger partial charge in [0.05, 0.1) is 11.4 Å². The van der Waals surface area contributed by atoms with Crippen molar-refractivity contribution in [2.75, 3.05) is 29.9 Å². The minimum atomic E-state index is -4.04. The first-order valence-electron chi connectivity index (χ1n) is 14.2. The highest BCUT2D eigenvalue weighted by molar-refractivity contribution is 7.92. The monoisotopic (exact) mass is 606 g/mol. The van der Waals surface area contributed by atoms with Crippen LogP contribution in [-0.4, -0.2) is 65.7 Å². The third kappa shape index (κ3) is 6.56. The number of hydrogen-bond donors (Lipinski definition) is 2. The Hall–Kier alpha value is -3.19. The fourth-order valence-corrected chi connectivity index (χ4v) is 7.42. The molecule has 0 amide bonds. The van der Waals surface area contributed by atoms with Gasteiger partial charge in [0.2, 0.25) is 21.9 Å². The molecule has 2 heterocycles. The van der Waals surface area contributed by atoms with Crippen molar-refractivity contribution in [3.05, 3.63) is 46.6 Å². The van der Waals surface area contributed by atoms with Gasteiger partial charge in [0.1, 0.15) is 11.5 Å². The van der Waals surface area contributed by atoms with Gasteiger partial charge < -0.3 is 10.2 Å². The number of nitrogens with zero attached hydrogens (tertiary/aromatic N) is 4. The zero-order valence-electron chi connectivity index (χ0n) is 24.2. The average molecular weight is 607 g/mol. The highest BCUT2D eigenvalue weighted by atomic mass is 32.2. The Morgan fingerprint density at radius 3 is 2.40 bits per heavy atom. The number of rotatable bonds is 9. The van der Waals surface area contributed by atoms with E-state index in [4.69, 9.17) is 0 Å². The van der Waals surface area contributed by atoms with E-state index < -0.39 is 46.3 Å². The van der Waals surface area contributed by atoms with Gasteiger partial charge in [0.15, 0.2) is 0 Å². The van der Waals surface area contributed by atoms with Crippen molar-refractivity contribution in [1.29, 1.82) is 0 Å². The van der Waals surface area contributed by atoms with Crippen molar-refractivity contribution in [3.8, 4) is 11.1 Å². The Labute approximate surface area is 243 Å². The third-order valence-electron chi connectivity index (χ3n) is 8.23. The number of aromatic nitrogens is 3. The van der Waals surface area contributed by atoms with E-state index in [-0.39, 0.29) is 34.5 Å². The smallest absolute Gasteiger partial charge is 0.260 e. The number of halogens is 3. The molecule has 0 aliphatic heterocycles. The Balaban J connectivity index is 1.38. The van der Waals surface area contributed by atoms with Gasteiger partial charge in [-0.1, -0.05) is 6.07 Å². The van der Waals surface area contributed by atoms with Gasteiger partial charge in [-0.3, -0.25) is 14.1 Å². The molecule has 0 bridgehead atoms. The van der Waals surface area contributed by atoms with E-state index in [0.717, 1.165) is 31.7 Å². The van der Waals surface area contributed by atoms with Crippen LogP contribution in [0.3, 0.4) is 0 Å². The number of nitrogens with one attached hydrogen (secondary N) is 2. The number of anilines is 2. The van der Waals surface area contributed by atoms with E-state index in [1.807, 2.05) is 13.8 Å². The second kappa shape index (κ2) is 11.5. The highest BCUT2D eigenvalue weighted by Crippen LogP contribution is 2.43. The summed E-state index contributed by atoms with van der Waals surface area (Å²) in [6.07, 6.45) is 4.78. The van der Waals surface area contributed by atoms with Gasteiger partial charge in [-0.25, -0.2) is 26.6 Å². The molecule has 2 aliphatic carbocycles. The number of alkyl halides is 2. The van der Waals surface area contributed by atoms with Crippen molar-refractivity contribution < 1.29 is 21.6 Å². The van der Waals surface area contributed by atoms with Gasteiger partial charge in [-0.05, 0) is 83.3 Å². The molecule has 2 aromatic heterocycles. The molecule has 2 N–H and O–H groups in total. The summed E-state index contributed by atoms with van der Waals surface area (Å²) < 4.78 is 69.9. The lowest BCUT2D eigenvalue weighted by Crippen LogP contribution is -2.40. The zero-order valence-corrected chi connectivity index (χ0v) is 25.0. The molecule has 0 radical (unpaired) electrons. The second-order valence-electron chi connectivity index (χ2n) is 12.1. The molecule has 1 aromatic carbocycles. The van der Waals surface area contributed by atoms with Gasteiger partial charge >= 0.3 is 0 Å². The summed E-state index contributed by atoms with van der Waals surface area (Å²) in [6, 6.07) is 5.93. The average Bonchev–Trinajstić information content (AvgIpc) is 2.88. The summed E-state index contributed by atoms with van der Waals surface area (Å²) in [5.41, 5.74) is 0.258. The maximum atomic E-state index is 15.1. The van der Waals surface area contributed by atoms with Gasteiger partial charge in [-0.15, -0.1) is 0 Å². The van der Waals surface area contributed by atoms with Crippen LogP contribution < -0.4 is 15.6 Å². The quantitative estimate of drug-likeness (QED) is 0.343. The fourth-order valence-electron chi connectivity index (χ4n) is 5.98. The molecule has 9 nitrogen and oxygen atoms in total. The first kappa shape index (κ1) is 30.3. The van der Waals surface area contributed by atoms with Crippen LogP contribution in [0.5, 0.6) is 0 Å². The Morgan fingerprint density at radius 1 is 1.12 bits per heavy atom. The number of fused-ring (bicyclic) bond motifs is 1. The van der Waals surface area contributed by atoms with Crippen LogP contribution in [-0.2, 0) is 10.0 Å². The van der Waals surface area contributed by atoms with Crippen LogP contribution in [0.2, 0.25) is 0 Å². The molecular weight excluding hydrogens is 569 g/mol. The van der Waals surface area contributed by atoms with Crippen LogP contribution in [0.4, 0.5) is 24.8 Å². The molecule has 13 heteroatoms. The molecule has 2 aliphatic rings. The van der Waals surface area contributed by atoms with E-state index in [9.17, 15) is 22.0 Å². The highest BCUT2D eigenvalue weighted by Gasteiger charge is 2.46. The van der Waals surface area contributed by atoms with Gasteiger partial charge in [0.25, 0.3) is 5.56 Å². The van der Waals surface area contributed by atoms with Crippen LogP contribution in [0.1, 0.15) is 58.4 Å². The summed E-state index contributed by atoms with van der Waals surface area (Å²) in [4.78, 5) is 25.1. The summed E-state index contributed by atoms with van der Waals surface area (Å²) >= 11 is 0. The third-order valence-corrected chi connectivity index (χ3v) is 9.67. The SMILES string of the molecule is CC(C)n1c(=O)c(-c2ccc(NS(=O)(=O)CC3CC(F)(F)C3)c(F)c2)cc2cnc(N[C@H]3CC[C@H](N(C)C)CC3)nc21. The van der Waals surface area contributed by atoms with Crippen LogP contribution in [0.15, 0.2) is 35.3 Å². The second-order valence-corrected chi connectivity index (χ2v) is 13.9. The van der Waals surface area contributed by atoms with Crippen molar-refractivity contribution in [2.24, 2.45) is 5.92 Å². The number of hydrogen-bond acceptors (Lipinski definition) is 7. The normalized spacial score (nSPS) is 21.1. The van der Waals surface area contributed by atoms with Crippen LogP contribution in [0, 0.1) is 11.7 Å². The largest absolute Gasteiger partial charge is 0.351 e. The van der Waals surface area contributed by atoms with Gasteiger partial charge in [-0.2, -0.15) is 4.98 Å². The number of benzene rings is 1. The summed E-state index contributed by atoms with van der Waals surface area (Å²) in [6.45, 7) is 3.72. The first-order chi connectivity index (χ1) is 19.7. The Kier molecular flexibility index (Phi) is 8.27. The molecule has 228 valence electrons. The topological polar surface area (TPSA) is 109 Å². The fraction of sp³-hybridized carbons (Fsp3) is 0.552. The minimum absolute atomic E-state index is 0.215. The summed E-state index contributed by atoms with van der Waals surface area (Å²) in [7, 11) is 0.157. The molecule has 0 unspecified atom stereocenters. The first-order valence-corrected chi connectivity index (χ1v) is 15.9. The molecule has 5 rings (SSSR count). The van der Waals surface area contributed by atoms with E-state index in [0.29, 0.717) is 23.0 Å². The lowest BCUT2D eigenvalue weighted by molar-refractivity contribution is -0.103. The molecule has 0 atom stereocenters. The molecule has 0 spiro atoms. The molecular formula is C29H37F3N6O3S. The van der Waals surface area contributed by atoms with Crippen LogP contribution in [0.25, 0.3) is 22.2 Å². The summed E-state index contributed by atoms with van der Waals surface area (Å²) in [5.74, 6) is -4.47. The Morgan fingerprint density at radius 2 is 1.81 bits per heavy atom. The molecule has 3 aromatic rings. The van der Waals surface area contributed by atoms with Crippen LogP contribution >= 0.6 is 0 Å². The molecule has 2 saturated carbocycles. The molecule has 42 heavy (non-hydrogen) atoms. The van der Waals surface area contributed by atoms with E-state index in [1.54, 1.807) is 16.8 Å². The standard InChI is InChI=1S/C29H37F3N6O3S/c1-17(2)38-26-20(15-33-28(35-26)34-21-6-8-22(9-7-21)37(3)4)11-23(27(38)39)19-5-10-25(24(30)12-19)36-42(40,41)16-18-13-29(31,32)14-18/h5,10-12,15,17-18,21-22,36H,6-9,13-14,16H2,1-4H3,(H,33,34,35)/t21-,22-. The van der Waals surface area contributed by atoms with Crippen molar-refractivity contribution >= 4 is 32.7 Å². The molecule has 0 saturated heterocycles. The number of pyridine rings is 1. The lowest BCUT2D eigenvalue weighted by Gasteiger charge is -2.34. The van der Waals surface area contributed by atoms with Crippen molar-refractivity contribution in [1.82, 2.24) is 19.4 Å². The zero-order chi connectivity index (χ0) is 30.4. The Bertz CT molecular complexity index is 1630.